The first kappa shape index (κ1) is 11.1. The van der Waals surface area contributed by atoms with Crippen LogP contribution in [-0.2, 0) is 4.84 Å². The maximum atomic E-state index is 12.9. The third-order valence-corrected chi connectivity index (χ3v) is 2.65. The highest BCUT2D eigenvalue weighted by Gasteiger charge is 2.20. The number of hydrogen-bond donors (Lipinski definition) is 0. The van der Waals surface area contributed by atoms with Gasteiger partial charge in [0.15, 0.2) is 0 Å². The van der Waals surface area contributed by atoms with E-state index in [2.05, 4.69) is 0 Å². The molecule has 1 aromatic carbocycles. The van der Waals surface area contributed by atoms with Crippen molar-refractivity contribution in [3.05, 3.63) is 35.1 Å². The summed E-state index contributed by atoms with van der Waals surface area (Å²) in [5.41, 5.74) is 1.14. The summed E-state index contributed by atoms with van der Waals surface area (Å²) >= 11 is 0. The highest BCUT2D eigenvalue weighted by Crippen LogP contribution is 2.15. The summed E-state index contributed by atoms with van der Waals surface area (Å²) in [6.07, 6.45) is 1.93. The fourth-order valence-corrected chi connectivity index (χ4v) is 1.76. The van der Waals surface area contributed by atoms with Crippen LogP contribution in [0.2, 0.25) is 0 Å². The molecular formula is C12H14FNO2. The second-order valence-electron chi connectivity index (χ2n) is 3.91. The number of nitrogens with zero attached hydrogens (tertiary/aromatic N) is 1. The van der Waals surface area contributed by atoms with Crippen LogP contribution >= 0.6 is 0 Å². The van der Waals surface area contributed by atoms with Crippen LogP contribution in [0.4, 0.5) is 4.39 Å². The number of rotatable bonds is 1. The lowest BCUT2D eigenvalue weighted by Gasteiger charge is -2.26. The number of hydrogen-bond acceptors (Lipinski definition) is 2. The summed E-state index contributed by atoms with van der Waals surface area (Å²) in [5.74, 6) is -0.509. The van der Waals surface area contributed by atoms with Gasteiger partial charge in [0.1, 0.15) is 5.82 Å². The summed E-state index contributed by atoms with van der Waals surface area (Å²) in [7, 11) is 0. The molecule has 86 valence electrons. The number of halogens is 1. The lowest BCUT2D eigenvalue weighted by atomic mass is 10.1. The van der Waals surface area contributed by atoms with E-state index < -0.39 is 0 Å². The second kappa shape index (κ2) is 4.61. The zero-order chi connectivity index (χ0) is 11.5. The minimum absolute atomic E-state index is 0.183. The van der Waals surface area contributed by atoms with Crippen LogP contribution < -0.4 is 0 Å². The molecule has 0 bridgehead atoms. The van der Waals surface area contributed by atoms with Gasteiger partial charge in [-0.05, 0) is 43.5 Å². The molecular weight excluding hydrogens is 209 g/mol. The monoisotopic (exact) mass is 223 g/mol. The molecule has 16 heavy (non-hydrogen) atoms. The Bertz CT molecular complexity index is 400. The Kier molecular flexibility index (Phi) is 3.19. The predicted molar refractivity (Wildman–Crippen MR) is 57.4 cm³/mol. The molecule has 0 unspecified atom stereocenters. The van der Waals surface area contributed by atoms with Crippen LogP contribution in [0, 0.1) is 12.7 Å². The summed E-state index contributed by atoms with van der Waals surface area (Å²) in [5, 5.41) is 1.36. The molecule has 0 atom stereocenters. The second-order valence-corrected chi connectivity index (χ2v) is 3.91. The first-order chi connectivity index (χ1) is 7.68. The van der Waals surface area contributed by atoms with Crippen molar-refractivity contribution in [3.63, 3.8) is 0 Å². The molecule has 1 aromatic rings. The first-order valence-electron chi connectivity index (χ1n) is 5.39. The molecule has 0 aromatic heterocycles. The lowest BCUT2D eigenvalue weighted by Crippen LogP contribution is -2.36. The fourth-order valence-electron chi connectivity index (χ4n) is 1.76. The van der Waals surface area contributed by atoms with Crippen LogP contribution in [0.3, 0.4) is 0 Å². The van der Waals surface area contributed by atoms with Gasteiger partial charge in [-0.25, -0.2) is 9.45 Å². The van der Waals surface area contributed by atoms with Crippen molar-refractivity contribution in [1.29, 1.82) is 0 Å². The minimum atomic E-state index is -0.325. The van der Waals surface area contributed by atoms with Crippen molar-refractivity contribution in [1.82, 2.24) is 5.06 Å². The van der Waals surface area contributed by atoms with Crippen molar-refractivity contribution in [3.8, 4) is 0 Å². The highest BCUT2D eigenvalue weighted by atomic mass is 19.1. The van der Waals surface area contributed by atoms with Gasteiger partial charge in [0, 0.05) is 12.1 Å². The molecule has 1 saturated heterocycles. The van der Waals surface area contributed by atoms with E-state index in [1.807, 2.05) is 0 Å². The van der Waals surface area contributed by atoms with Gasteiger partial charge in [-0.1, -0.05) is 0 Å². The topological polar surface area (TPSA) is 29.5 Å². The largest absolute Gasteiger partial charge is 0.277 e. The standard InChI is InChI=1S/C12H14FNO2/c1-9-8-10(13)4-5-11(9)12(15)14-6-2-3-7-16-14/h4-5,8H,2-3,6-7H2,1H3. The van der Waals surface area contributed by atoms with Gasteiger partial charge in [0.05, 0.1) is 6.61 Å². The SMILES string of the molecule is Cc1cc(F)ccc1C(=O)N1CCCCO1. The Morgan fingerprint density at radius 2 is 2.25 bits per heavy atom. The Balaban J connectivity index is 2.19. The number of hydroxylamine groups is 2. The van der Waals surface area contributed by atoms with Gasteiger partial charge < -0.3 is 0 Å². The van der Waals surface area contributed by atoms with Gasteiger partial charge in [-0.3, -0.25) is 9.63 Å². The van der Waals surface area contributed by atoms with Crippen molar-refractivity contribution >= 4 is 5.91 Å². The molecule has 0 aliphatic carbocycles. The third kappa shape index (κ3) is 2.22. The first-order valence-corrected chi connectivity index (χ1v) is 5.39. The highest BCUT2D eigenvalue weighted by molar-refractivity contribution is 5.94. The van der Waals surface area contributed by atoms with Gasteiger partial charge >= 0.3 is 0 Å². The molecule has 0 N–H and O–H groups in total. The van der Waals surface area contributed by atoms with Crippen LogP contribution in [-0.4, -0.2) is 24.1 Å². The van der Waals surface area contributed by atoms with E-state index in [9.17, 15) is 9.18 Å². The molecule has 1 aliphatic rings. The van der Waals surface area contributed by atoms with Crippen LogP contribution in [0.15, 0.2) is 18.2 Å². The van der Waals surface area contributed by atoms with E-state index in [-0.39, 0.29) is 11.7 Å². The molecule has 1 amide bonds. The maximum Gasteiger partial charge on any atom is 0.277 e. The summed E-state index contributed by atoms with van der Waals surface area (Å²) in [6, 6.07) is 4.16. The lowest BCUT2D eigenvalue weighted by molar-refractivity contribution is -0.144. The molecule has 1 aliphatic heterocycles. The number of aryl methyl sites for hydroxylation is 1. The van der Waals surface area contributed by atoms with Gasteiger partial charge in [-0.2, -0.15) is 0 Å². The molecule has 3 nitrogen and oxygen atoms in total. The Hall–Kier alpha value is -1.42. The van der Waals surface area contributed by atoms with E-state index in [1.54, 1.807) is 6.92 Å². The summed E-state index contributed by atoms with van der Waals surface area (Å²) in [4.78, 5) is 17.3. The molecule has 0 radical (unpaired) electrons. The van der Waals surface area contributed by atoms with Crippen molar-refractivity contribution in [2.75, 3.05) is 13.2 Å². The van der Waals surface area contributed by atoms with Gasteiger partial charge in [0.25, 0.3) is 5.91 Å². The minimum Gasteiger partial charge on any atom is -0.271 e. The van der Waals surface area contributed by atoms with Crippen molar-refractivity contribution < 1.29 is 14.0 Å². The Morgan fingerprint density at radius 1 is 1.44 bits per heavy atom. The number of carbonyl (C=O) groups excluding carboxylic acids is 1. The van der Waals surface area contributed by atoms with Gasteiger partial charge in [-0.15, -0.1) is 0 Å². The van der Waals surface area contributed by atoms with Crippen LogP contribution in [0.1, 0.15) is 28.8 Å². The average Bonchev–Trinajstić information content (AvgIpc) is 2.29. The van der Waals surface area contributed by atoms with E-state index >= 15 is 0 Å². The zero-order valence-corrected chi connectivity index (χ0v) is 9.20. The average molecular weight is 223 g/mol. The molecule has 0 spiro atoms. The third-order valence-electron chi connectivity index (χ3n) is 2.65. The molecule has 2 rings (SSSR count). The normalized spacial score (nSPS) is 16.2. The fraction of sp³-hybridized carbons (Fsp3) is 0.417. The Labute approximate surface area is 93.8 Å². The van der Waals surface area contributed by atoms with E-state index in [0.29, 0.717) is 24.3 Å². The molecule has 0 saturated carbocycles. The van der Waals surface area contributed by atoms with Crippen molar-refractivity contribution in [2.24, 2.45) is 0 Å². The summed E-state index contributed by atoms with van der Waals surface area (Å²) in [6.45, 7) is 2.90. The predicted octanol–water partition coefficient (Wildman–Crippen LogP) is 2.30. The number of amides is 1. The number of benzene rings is 1. The van der Waals surface area contributed by atoms with E-state index in [0.717, 1.165) is 12.8 Å². The quantitative estimate of drug-likeness (QED) is 0.731. The van der Waals surface area contributed by atoms with Crippen molar-refractivity contribution in [2.45, 2.75) is 19.8 Å². The molecule has 4 heteroatoms. The Morgan fingerprint density at radius 3 is 2.88 bits per heavy atom. The van der Waals surface area contributed by atoms with Crippen LogP contribution in [0.5, 0.6) is 0 Å². The number of carbonyl (C=O) groups is 1. The van der Waals surface area contributed by atoms with E-state index in [4.69, 9.17) is 4.84 Å². The maximum absolute atomic E-state index is 12.9. The smallest absolute Gasteiger partial charge is 0.271 e. The molecule has 1 fully saturated rings. The van der Waals surface area contributed by atoms with E-state index in [1.165, 1.54) is 23.3 Å². The zero-order valence-electron chi connectivity index (χ0n) is 9.20. The molecule has 1 heterocycles. The summed E-state index contributed by atoms with van der Waals surface area (Å²) < 4.78 is 12.9. The van der Waals surface area contributed by atoms with Gasteiger partial charge in [0.2, 0.25) is 0 Å². The van der Waals surface area contributed by atoms with Crippen LogP contribution in [0.25, 0.3) is 0 Å².